The molecule has 0 N–H and O–H groups in total. The van der Waals surface area contributed by atoms with E-state index in [1.165, 1.54) is 31.0 Å². The Morgan fingerprint density at radius 3 is 2.77 bits per heavy atom. The average molecular weight is 501 g/mol. The van der Waals surface area contributed by atoms with E-state index in [0.717, 1.165) is 42.5 Å². The lowest BCUT2D eigenvalue weighted by Gasteiger charge is -2.34. The lowest BCUT2D eigenvalue weighted by molar-refractivity contribution is -0.149. The molecule has 0 spiro atoms. The van der Waals surface area contributed by atoms with Gasteiger partial charge in [-0.05, 0) is 64.5 Å². The number of aryl methyl sites for hydroxylation is 1. The van der Waals surface area contributed by atoms with Gasteiger partial charge in [-0.2, -0.15) is 0 Å². The molecule has 0 aliphatic carbocycles. The number of anilines is 1. The Morgan fingerprint density at radius 2 is 2.00 bits per heavy atom. The van der Waals surface area contributed by atoms with Crippen molar-refractivity contribution in [2.24, 2.45) is 5.92 Å². The van der Waals surface area contributed by atoms with Crippen LogP contribution in [-0.4, -0.2) is 59.0 Å². The van der Waals surface area contributed by atoms with E-state index in [1.807, 2.05) is 6.07 Å². The Labute approximate surface area is 211 Å². The Bertz CT molecular complexity index is 1030. The smallest absolute Gasteiger partial charge is 0.310 e. The highest BCUT2D eigenvalue weighted by atomic mass is 32.2. The molecule has 0 saturated carbocycles. The fourth-order valence-corrected chi connectivity index (χ4v) is 5.53. The molecule has 0 bridgehead atoms. The van der Waals surface area contributed by atoms with Gasteiger partial charge < -0.3 is 19.0 Å². The van der Waals surface area contributed by atoms with Crippen LogP contribution in [0.25, 0.3) is 0 Å². The summed E-state index contributed by atoms with van der Waals surface area (Å²) in [5.41, 5.74) is 1.03. The number of carbonyl (C=O) groups excluding carboxylic acids is 2. The first kappa shape index (κ1) is 25.5. The highest BCUT2D eigenvalue weighted by Crippen LogP contribution is 2.28. The lowest BCUT2D eigenvalue weighted by atomic mass is 9.98. The van der Waals surface area contributed by atoms with Gasteiger partial charge in [-0.3, -0.25) is 9.59 Å². The Kier molecular flexibility index (Phi) is 8.70. The maximum absolute atomic E-state index is 13.0. The van der Waals surface area contributed by atoms with E-state index in [-0.39, 0.29) is 17.8 Å². The number of piperidine rings is 2. The minimum Gasteiger partial charge on any atom is -0.466 e. The van der Waals surface area contributed by atoms with Gasteiger partial charge in [0.25, 0.3) is 5.91 Å². The fourth-order valence-electron chi connectivity index (χ4n) is 4.77. The van der Waals surface area contributed by atoms with Gasteiger partial charge in [-0.25, -0.2) is 9.97 Å². The van der Waals surface area contributed by atoms with Crippen LogP contribution in [0.2, 0.25) is 0 Å². The van der Waals surface area contributed by atoms with E-state index in [0.29, 0.717) is 43.0 Å². The van der Waals surface area contributed by atoms with Gasteiger partial charge in [0.05, 0.1) is 18.3 Å². The molecule has 2 aromatic rings. The van der Waals surface area contributed by atoms with Gasteiger partial charge in [0.15, 0.2) is 10.9 Å². The summed E-state index contributed by atoms with van der Waals surface area (Å²) in [7, 11) is 0. The number of hydrogen-bond acceptors (Lipinski definition) is 8. The third kappa shape index (κ3) is 6.37. The first-order valence-electron chi connectivity index (χ1n) is 12.8. The summed E-state index contributed by atoms with van der Waals surface area (Å²) in [5, 5.41) is 0.731. The predicted octanol–water partition coefficient (Wildman–Crippen LogP) is 4.72. The van der Waals surface area contributed by atoms with Gasteiger partial charge in [0.1, 0.15) is 11.6 Å². The first-order chi connectivity index (χ1) is 17.0. The Morgan fingerprint density at radius 1 is 1.14 bits per heavy atom. The summed E-state index contributed by atoms with van der Waals surface area (Å²) in [6, 6.07) is 6.15. The number of nitrogens with zero attached hydrogens (tertiary/aromatic N) is 4. The standard InChI is InChI=1S/C26H36N4O4S/c1-4-20-15-23(30-14-7-6-9-18(30)3)28-26(27-20)35-17-21-11-12-22(34-21)24(31)29-13-8-10-19(16-29)25(32)33-5-2/h11-12,15,18-19H,4-10,13-14,16-17H2,1-3H3/t18-,19-/m0/s1. The van der Waals surface area contributed by atoms with Crippen LogP contribution in [0.4, 0.5) is 5.82 Å². The zero-order valence-corrected chi connectivity index (χ0v) is 21.8. The highest BCUT2D eigenvalue weighted by molar-refractivity contribution is 7.98. The topological polar surface area (TPSA) is 88.8 Å². The average Bonchev–Trinajstić information content (AvgIpc) is 3.36. The third-order valence-corrected chi connectivity index (χ3v) is 7.62. The summed E-state index contributed by atoms with van der Waals surface area (Å²) in [5.74, 6) is 1.88. The van der Waals surface area contributed by atoms with Crippen molar-refractivity contribution in [3.05, 3.63) is 35.4 Å². The molecule has 8 nitrogen and oxygen atoms in total. The van der Waals surface area contributed by atoms with Crippen molar-refractivity contribution in [2.45, 2.75) is 76.2 Å². The zero-order chi connectivity index (χ0) is 24.8. The van der Waals surface area contributed by atoms with Gasteiger partial charge in [-0.15, -0.1) is 0 Å². The van der Waals surface area contributed by atoms with Crippen LogP contribution in [0.3, 0.4) is 0 Å². The number of amides is 1. The maximum Gasteiger partial charge on any atom is 0.310 e. The van der Waals surface area contributed by atoms with Crippen LogP contribution in [0, 0.1) is 5.92 Å². The lowest BCUT2D eigenvalue weighted by Crippen LogP contribution is -2.42. The van der Waals surface area contributed by atoms with Crippen molar-refractivity contribution in [3.8, 4) is 0 Å². The summed E-state index contributed by atoms with van der Waals surface area (Å²) < 4.78 is 11.0. The van der Waals surface area contributed by atoms with E-state index in [1.54, 1.807) is 17.9 Å². The number of carbonyl (C=O) groups is 2. The second kappa shape index (κ2) is 11.9. The molecule has 9 heteroatoms. The fraction of sp³-hybridized carbons (Fsp3) is 0.615. The summed E-state index contributed by atoms with van der Waals surface area (Å²) in [6.07, 6.45) is 6.03. The maximum atomic E-state index is 13.0. The number of rotatable bonds is 8. The zero-order valence-electron chi connectivity index (χ0n) is 21.0. The molecule has 190 valence electrons. The molecule has 2 aliphatic heterocycles. The SMILES string of the molecule is CCOC(=O)[C@H]1CCCN(C(=O)c2ccc(CSc3nc(CC)cc(N4CCCC[C@@H]4C)n3)o2)C1. The second-order valence-electron chi connectivity index (χ2n) is 9.29. The molecule has 2 fully saturated rings. The van der Waals surface area contributed by atoms with Crippen LogP contribution >= 0.6 is 11.8 Å². The van der Waals surface area contributed by atoms with E-state index in [9.17, 15) is 9.59 Å². The summed E-state index contributed by atoms with van der Waals surface area (Å²) in [4.78, 5) is 38.7. The molecular formula is C26H36N4O4S. The number of likely N-dealkylation sites (tertiary alicyclic amines) is 1. The third-order valence-electron chi connectivity index (χ3n) is 6.75. The van der Waals surface area contributed by atoms with Gasteiger partial charge in [0, 0.05) is 37.4 Å². The Hall–Kier alpha value is -2.55. The number of hydrogen-bond donors (Lipinski definition) is 0. The molecule has 35 heavy (non-hydrogen) atoms. The number of thioether (sulfide) groups is 1. The van der Waals surface area contributed by atoms with Crippen LogP contribution in [0.5, 0.6) is 0 Å². The van der Waals surface area contributed by atoms with Crippen LogP contribution < -0.4 is 4.90 Å². The number of aromatic nitrogens is 2. The van der Waals surface area contributed by atoms with Crippen molar-refractivity contribution < 1.29 is 18.7 Å². The molecule has 2 aliphatic rings. The number of furan rings is 1. The monoisotopic (exact) mass is 500 g/mol. The molecule has 2 saturated heterocycles. The number of ether oxygens (including phenoxy) is 1. The van der Waals surface area contributed by atoms with Crippen molar-refractivity contribution in [1.29, 1.82) is 0 Å². The second-order valence-corrected chi connectivity index (χ2v) is 10.2. The van der Waals surface area contributed by atoms with Crippen molar-refractivity contribution in [2.75, 3.05) is 31.1 Å². The molecule has 0 unspecified atom stereocenters. The summed E-state index contributed by atoms with van der Waals surface area (Å²) in [6.45, 7) is 8.54. The van der Waals surface area contributed by atoms with Crippen molar-refractivity contribution in [1.82, 2.24) is 14.9 Å². The molecule has 0 aromatic carbocycles. The minimum absolute atomic E-state index is 0.180. The van der Waals surface area contributed by atoms with Gasteiger partial charge in [0.2, 0.25) is 0 Å². The van der Waals surface area contributed by atoms with Crippen LogP contribution in [0.15, 0.2) is 27.8 Å². The predicted molar refractivity (Wildman–Crippen MR) is 136 cm³/mol. The van der Waals surface area contributed by atoms with Crippen molar-refractivity contribution >= 4 is 29.5 Å². The molecule has 4 rings (SSSR count). The highest BCUT2D eigenvalue weighted by Gasteiger charge is 2.31. The van der Waals surface area contributed by atoms with Crippen LogP contribution in [-0.2, 0) is 21.7 Å². The van der Waals surface area contributed by atoms with Gasteiger partial charge in [-0.1, -0.05) is 18.7 Å². The van der Waals surface area contributed by atoms with Gasteiger partial charge >= 0.3 is 5.97 Å². The normalized spacial score (nSPS) is 20.7. The number of esters is 1. The largest absolute Gasteiger partial charge is 0.466 e. The van der Waals surface area contributed by atoms with E-state index >= 15 is 0 Å². The van der Waals surface area contributed by atoms with Crippen molar-refractivity contribution in [3.63, 3.8) is 0 Å². The molecule has 0 radical (unpaired) electrons. The molecular weight excluding hydrogens is 464 g/mol. The molecule has 2 atom stereocenters. The quantitative estimate of drug-likeness (QED) is 0.292. The molecule has 1 amide bonds. The van der Waals surface area contributed by atoms with E-state index < -0.39 is 0 Å². The van der Waals surface area contributed by atoms with E-state index in [4.69, 9.17) is 19.1 Å². The minimum atomic E-state index is -0.266. The summed E-state index contributed by atoms with van der Waals surface area (Å²) >= 11 is 1.52. The molecule has 4 heterocycles. The first-order valence-corrected chi connectivity index (χ1v) is 13.8. The Balaban J connectivity index is 1.39. The van der Waals surface area contributed by atoms with E-state index in [2.05, 4.69) is 24.8 Å². The van der Waals surface area contributed by atoms with Crippen LogP contribution in [0.1, 0.15) is 74.9 Å². The molecule has 2 aromatic heterocycles.